The van der Waals surface area contributed by atoms with E-state index in [0.29, 0.717) is 6.42 Å². The molecule has 0 radical (unpaired) electrons. The van der Waals surface area contributed by atoms with Crippen LogP contribution in [0.2, 0.25) is 0 Å². The maximum atomic E-state index is 10.8. The van der Waals surface area contributed by atoms with E-state index in [1.54, 1.807) is 0 Å². The van der Waals surface area contributed by atoms with Crippen LogP contribution in [0.15, 0.2) is 12.7 Å². The van der Waals surface area contributed by atoms with Crippen molar-refractivity contribution < 1.29 is 19.1 Å². The maximum Gasteiger partial charge on any atom is 0.457 e. The second-order valence-electron chi connectivity index (χ2n) is 1.94. The Morgan fingerprint density at radius 2 is 2.23 bits per heavy atom. The summed E-state index contributed by atoms with van der Waals surface area (Å²) in [6, 6.07) is 0. The molecule has 0 spiro atoms. The van der Waals surface area contributed by atoms with E-state index < -0.39 is 16.9 Å². The molecule has 0 heterocycles. The van der Waals surface area contributed by atoms with Crippen molar-refractivity contribution in [3.63, 3.8) is 0 Å². The number of carbonyl (C=O) groups is 2. The Labute approximate surface area is 79.6 Å². The Balaban J connectivity index is 4.17. The molecule has 0 aromatic rings. The van der Waals surface area contributed by atoms with Gasteiger partial charge in [0.25, 0.3) is 0 Å². The molecule has 0 aromatic heterocycles. The van der Waals surface area contributed by atoms with E-state index in [-0.39, 0.29) is 6.61 Å². The van der Waals surface area contributed by atoms with Gasteiger partial charge >= 0.3 is 16.9 Å². The minimum Gasteiger partial charge on any atom is -0.456 e. The molecule has 0 atom stereocenters. The Kier molecular flexibility index (Phi) is 5.43. The fourth-order valence-electron chi connectivity index (χ4n) is 0.464. The van der Waals surface area contributed by atoms with Crippen molar-refractivity contribution in [2.24, 2.45) is 0 Å². The lowest BCUT2D eigenvalue weighted by molar-refractivity contribution is -0.141. The summed E-state index contributed by atoms with van der Waals surface area (Å²) in [6.45, 7) is 3.45. The third-order valence-electron chi connectivity index (χ3n) is 1.03. The summed E-state index contributed by atoms with van der Waals surface area (Å²) in [5, 5.41) is -1.16. The van der Waals surface area contributed by atoms with Crippen LogP contribution in [0.1, 0.15) is 6.42 Å². The third kappa shape index (κ3) is 4.20. The normalized spacial score (nSPS) is 8.38. The SMILES string of the molecule is C=CCCOC(=O)C(=[N+]=[N-])C(=O)Cl. The Bertz CT molecular complexity index is 281. The highest BCUT2D eigenvalue weighted by molar-refractivity contribution is 6.89. The molecule has 6 heteroatoms. The van der Waals surface area contributed by atoms with Crippen LogP contribution in [0, 0.1) is 0 Å². The Morgan fingerprint density at radius 3 is 2.62 bits per heavy atom. The number of ether oxygens (including phenoxy) is 1. The lowest BCUT2D eigenvalue weighted by atomic mass is 10.4. The number of hydrogen-bond donors (Lipinski definition) is 0. The molecule has 0 aliphatic heterocycles. The first-order valence-corrected chi connectivity index (χ1v) is 3.71. The molecule has 0 aliphatic rings. The van der Waals surface area contributed by atoms with Crippen LogP contribution in [-0.4, -0.2) is 28.3 Å². The predicted octanol–water partition coefficient (Wildman–Crippen LogP) is 0.542. The molecule has 0 aliphatic carbocycles. The molecule has 0 unspecified atom stereocenters. The average molecular weight is 203 g/mol. The van der Waals surface area contributed by atoms with Crippen molar-refractivity contribution in [3.05, 3.63) is 18.2 Å². The van der Waals surface area contributed by atoms with Crippen LogP contribution in [-0.2, 0) is 14.3 Å². The Morgan fingerprint density at radius 1 is 1.62 bits per heavy atom. The zero-order valence-electron chi connectivity index (χ0n) is 6.70. The van der Waals surface area contributed by atoms with Crippen LogP contribution in [0.3, 0.4) is 0 Å². The summed E-state index contributed by atoms with van der Waals surface area (Å²) >= 11 is 4.90. The van der Waals surface area contributed by atoms with Crippen molar-refractivity contribution in [1.82, 2.24) is 0 Å². The molecule has 0 bridgehead atoms. The standard InChI is InChI=1S/C7H7ClN2O3/c1-2-3-4-13-7(12)5(10-9)6(8)11/h2H,1,3-4H2. The summed E-state index contributed by atoms with van der Waals surface area (Å²) in [7, 11) is 0. The first-order valence-electron chi connectivity index (χ1n) is 3.33. The van der Waals surface area contributed by atoms with E-state index >= 15 is 0 Å². The van der Waals surface area contributed by atoms with Crippen molar-refractivity contribution in [3.8, 4) is 0 Å². The van der Waals surface area contributed by atoms with Gasteiger partial charge in [-0.15, -0.1) is 6.58 Å². The zero-order chi connectivity index (χ0) is 10.3. The monoisotopic (exact) mass is 202 g/mol. The highest BCUT2D eigenvalue weighted by Gasteiger charge is 2.29. The summed E-state index contributed by atoms with van der Waals surface area (Å²) in [6.07, 6.45) is 1.98. The predicted molar refractivity (Wildman–Crippen MR) is 45.3 cm³/mol. The van der Waals surface area contributed by atoms with Gasteiger partial charge in [0.1, 0.15) is 0 Å². The Hall–Kier alpha value is -1.45. The topological polar surface area (TPSA) is 79.8 Å². The molecule has 0 aromatic carbocycles. The molecule has 0 saturated carbocycles. The van der Waals surface area contributed by atoms with Gasteiger partial charge in [-0.1, -0.05) is 6.08 Å². The smallest absolute Gasteiger partial charge is 0.456 e. The molecule has 70 valence electrons. The van der Waals surface area contributed by atoms with Crippen LogP contribution >= 0.6 is 11.6 Å². The number of nitrogens with zero attached hydrogens (tertiary/aromatic N) is 2. The van der Waals surface area contributed by atoms with E-state index in [0.717, 1.165) is 0 Å². The summed E-state index contributed by atoms with van der Waals surface area (Å²) < 4.78 is 4.49. The number of carbonyl (C=O) groups excluding carboxylic acids is 2. The first kappa shape index (κ1) is 11.6. The quantitative estimate of drug-likeness (QED) is 0.0954. The van der Waals surface area contributed by atoms with Gasteiger partial charge in [0.05, 0.1) is 6.61 Å². The molecular weight excluding hydrogens is 196 g/mol. The third-order valence-corrected chi connectivity index (χ3v) is 1.21. The minimum absolute atomic E-state index is 0.0610. The van der Waals surface area contributed by atoms with Crippen molar-refractivity contribution in [1.29, 1.82) is 0 Å². The molecule has 5 nitrogen and oxygen atoms in total. The van der Waals surface area contributed by atoms with E-state index in [1.807, 2.05) is 0 Å². The number of rotatable bonds is 5. The van der Waals surface area contributed by atoms with Crippen LogP contribution in [0.5, 0.6) is 0 Å². The zero-order valence-corrected chi connectivity index (χ0v) is 7.45. The molecular formula is C7H7ClN2O3. The van der Waals surface area contributed by atoms with Crippen molar-refractivity contribution >= 4 is 28.5 Å². The molecule has 0 fully saturated rings. The lowest BCUT2D eigenvalue weighted by Gasteiger charge is -1.95. The van der Waals surface area contributed by atoms with Gasteiger partial charge in [0, 0.05) is 0 Å². The van der Waals surface area contributed by atoms with E-state index in [2.05, 4.69) is 16.1 Å². The highest BCUT2D eigenvalue weighted by atomic mass is 35.5. The second-order valence-corrected chi connectivity index (χ2v) is 2.28. The van der Waals surface area contributed by atoms with Gasteiger partial charge in [-0.05, 0) is 18.0 Å². The van der Waals surface area contributed by atoms with Crippen molar-refractivity contribution in [2.45, 2.75) is 6.42 Å². The van der Waals surface area contributed by atoms with Gasteiger partial charge in [0.15, 0.2) is 0 Å². The van der Waals surface area contributed by atoms with Gasteiger partial charge in [-0.3, -0.25) is 4.79 Å². The molecule has 0 saturated heterocycles. The minimum atomic E-state index is -1.16. The molecule has 13 heavy (non-hydrogen) atoms. The van der Waals surface area contributed by atoms with E-state index in [1.165, 1.54) is 6.08 Å². The van der Waals surface area contributed by atoms with Gasteiger partial charge < -0.3 is 10.3 Å². The number of halogens is 1. The number of hydrogen-bond acceptors (Lipinski definition) is 3. The highest BCUT2D eigenvalue weighted by Crippen LogP contribution is 1.90. The summed E-state index contributed by atoms with van der Waals surface area (Å²) in [4.78, 5) is 23.6. The molecule has 0 amide bonds. The lowest BCUT2D eigenvalue weighted by Crippen LogP contribution is -2.24. The second kappa shape index (κ2) is 6.11. The van der Waals surface area contributed by atoms with E-state index in [4.69, 9.17) is 17.1 Å². The largest absolute Gasteiger partial charge is 0.457 e. The van der Waals surface area contributed by atoms with Gasteiger partial charge in [-0.25, -0.2) is 4.79 Å². The summed E-state index contributed by atoms with van der Waals surface area (Å²) in [5.74, 6) is -1.05. The maximum absolute atomic E-state index is 10.8. The molecule has 0 rings (SSSR count). The van der Waals surface area contributed by atoms with Gasteiger partial charge in [0.2, 0.25) is 0 Å². The fraction of sp³-hybridized carbons (Fsp3) is 0.286. The summed E-state index contributed by atoms with van der Waals surface area (Å²) in [5.41, 5.74) is 7.36. The van der Waals surface area contributed by atoms with Crippen LogP contribution in [0.4, 0.5) is 0 Å². The van der Waals surface area contributed by atoms with Gasteiger partial charge in [-0.2, -0.15) is 4.79 Å². The van der Waals surface area contributed by atoms with E-state index in [9.17, 15) is 9.59 Å². The van der Waals surface area contributed by atoms with Crippen LogP contribution < -0.4 is 0 Å². The fourth-order valence-corrected chi connectivity index (χ4v) is 0.579. The first-order chi connectivity index (χ1) is 6.13. The average Bonchev–Trinajstić information content (AvgIpc) is 2.05. The number of esters is 1. The molecule has 0 N–H and O–H groups in total. The van der Waals surface area contributed by atoms with Crippen molar-refractivity contribution in [2.75, 3.05) is 6.61 Å². The van der Waals surface area contributed by atoms with Crippen LogP contribution in [0.25, 0.3) is 5.53 Å².